The third kappa shape index (κ3) is 7.40. The summed E-state index contributed by atoms with van der Waals surface area (Å²) in [5.41, 5.74) is 1.33. The molecule has 5 nitrogen and oxygen atoms in total. The average molecular weight is 459 g/mol. The first-order valence-corrected chi connectivity index (χ1v) is 9.30. The number of nitrogens with zero attached hydrogens (tertiary/aromatic N) is 3. The summed E-state index contributed by atoms with van der Waals surface area (Å²) in [5.74, 6) is 0.939. The minimum Gasteiger partial charge on any atom is -0.369 e. The van der Waals surface area contributed by atoms with E-state index in [1.165, 1.54) is 5.69 Å². The van der Waals surface area contributed by atoms with Crippen molar-refractivity contribution in [1.82, 2.24) is 15.5 Å². The molecule has 1 fully saturated rings. The number of halogens is 1. The summed E-state index contributed by atoms with van der Waals surface area (Å²) < 4.78 is 0. The number of rotatable bonds is 7. The lowest BCUT2D eigenvalue weighted by Gasteiger charge is -2.38. The van der Waals surface area contributed by atoms with Crippen LogP contribution in [-0.2, 0) is 0 Å². The molecular weight excluding hydrogens is 425 g/mol. The van der Waals surface area contributed by atoms with Crippen LogP contribution in [0.15, 0.2) is 35.3 Å². The maximum atomic E-state index is 4.74. The van der Waals surface area contributed by atoms with E-state index in [2.05, 4.69) is 71.5 Å². The summed E-state index contributed by atoms with van der Waals surface area (Å²) in [7, 11) is 0. The SMILES string of the molecule is CCCNC(=NCC(C)N1CCN(c2ccccc2)CC1)NCC.I. The molecule has 0 aliphatic carbocycles. The number of piperazine rings is 1. The van der Waals surface area contributed by atoms with Crippen LogP contribution in [0.3, 0.4) is 0 Å². The minimum absolute atomic E-state index is 0. The van der Waals surface area contributed by atoms with Gasteiger partial charge in [0.25, 0.3) is 0 Å². The summed E-state index contributed by atoms with van der Waals surface area (Å²) in [6.07, 6.45) is 1.11. The number of nitrogens with one attached hydrogen (secondary N) is 2. The van der Waals surface area contributed by atoms with E-state index in [0.29, 0.717) is 6.04 Å². The molecule has 0 aromatic heterocycles. The highest BCUT2D eigenvalue weighted by molar-refractivity contribution is 14.0. The largest absolute Gasteiger partial charge is 0.369 e. The zero-order chi connectivity index (χ0) is 17.2. The summed E-state index contributed by atoms with van der Waals surface area (Å²) >= 11 is 0. The van der Waals surface area contributed by atoms with Crippen LogP contribution in [0.4, 0.5) is 5.69 Å². The van der Waals surface area contributed by atoms with E-state index in [-0.39, 0.29) is 24.0 Å². The smallest absolute Gasteiger partial charge is 0.191 e. The van der Waals surface area contributed by atoms with Crippen molar-refractivity contribution in [2.75, 3.05) is 50.7 Å². The molecule has 1 heterocycles. The fraction of sp³-hybridized carbons (Fsp3) is 0.632. The van der Waals surface area contributed by atoms with Gasteiger partial charge in [0.2, 0.25) is 0 Å². The van der Waals surface area contributed by atoms with Gasteiger partial charge < -0.3 is 15.5 Å². The van der Waals surface area contributed by atoms with Gasteiger partial charge in [0, 0.05) is 51.0 Å². The van der Waals surface area contributed by atoms with E-state index in [9.17, 15) is 0 Å². The number of guanidine groups is 1. The molecule has 0 spiro atoms. The molecular formula is C19H34IN5. The lowest BCUT2D eigenvalue weighted by Crippen LogP contribution is -2.50. The Kier molecular flexibility index (Phi) is 10.9. The lowest BCUT2D eigenvalue weighted by atomic mass is 10.2. The number of aliphatic imine (C=N–C) groups is 1. The molecule has 1 atom stereocenters. The molecule has 0 amide bonds. The maximum Gasteiger partial charge on any atom is 0.191 e. The van der Waals surface area contributed by atoms with E-state index in [1.54, 1.807) is 0 Å². The third-order valence-corrected chi connectivity index (χ3v) is 4.46. The molecule has 142 valence electrons. The minimum atomic E-state index is 0. The molecule has 0 saturated carbocycles. The zero-order valence-electron chi connectivity index (χ0n) is 15.9. The number of hydrogen-bond acceptors (Lipinski definition) is 3. The standard InChI is InChI=1S/C19H33N5.HI/c1-4-11-21-19(20-5-2)22-16-17(3)23-12-14-24(15-13-23)18-9-7-6-8-10-18;/h6-10,17H,4-5,11-16H2,1-3H3,(H2,20,21,22);1H. The van der Waals surface area contributed by atoms with Gasteiger partial charge in [0.05, 0.1) is 6.54 Å². The van der Waals surface area contributed by atoms with Crippen molar-refractivity contribution in [3.63, 3.8) is 0 Å². The molecule has 0 radical (unpaired) electrons. The third-order valence-electron chi connectivity index (χ3n) is 4.46. The molecule has 1 aromatic rings. The van der Waals surface area contributed by atoms with Crippen molar-refractivity contribution in [3.8, 4) is 0 Å². The van der Waals surface area contributed by atoms with E-state index < -0.39 is 0 Å². The molecule has 1 aromatic carbocycles. The van der Waals surface area contributed by atoms with E-state index in [4.69, 9.17) is 4.99 Å². The predicted octanol–water partition coefficient (Wildman–Crippen LogP) is 2.78. The first kappa shape index (κ1) is 22.0. The van der Waals surface area contributed by atoms with Crippen LogP contribution in [0.25, 0.3) is 0 Å². The second-order valence-electron chi connectivity index (χ2n) is 6.35. The quantitative estimate of drug-likeness (QED) is 0.374. The van der Waals surface area contributed by atoms with Crippen molar-refractivity contribution in [2.45, 2.75) is 33.2 Å². The molecule has 6 heteroatoms. The zero-order valence-corrected chi connectivity index (χ0v) is 18.2. The topological polar surface area (TPSA) is 42.9 Å². The van der Waals surface area contributed by atoms with Gasteiger partial charge in [-0.15, -0.1) is 24.0 Å². The first-order chi connectivity index (χ1) is 11.7. The Morgan fingerprint density at radius 3 is 2.36 bits per heavy atom. The normalized spacial score (nSPS) is 16.9. The molecule has 1 aliphatic rings. The van der Waals surface area contributed by atoms with Gasteiger partial charge in [-0.1, -0.05) is 25.1 Å². The summed E-state index contributed by atoms with van der Waals surface area (Å²) in [6.45, 7) is 13.7. The molecule has 0 bridgehead atoms. The number of hydrogen-bond donors (Lipinski definition) is 2. The van der Waals surface area contributed by atoms with Crippen molar-refractivity contribution in [2.24, 2.45) is 4.99 Å². The molecule has 1 unspecified atom stereocenters. The van der Waals surface area contributed by atoms with Gasteiger partial charge in [-0.2, -0.15) is 0 Å². The van der Waals surface area contributed by atoms with Crippen molar-refractivity contribution in [1.29, 1.82) is 0 Å². The van der Waals surface area contributed by atoms with E-state index >= 15 is 0 Å². The summed E-state index contributed by atoms with van der Waals surface area (Å²) in [6, 6.07) is 11.2. The Labute approximate surface area is 170 Å². The van der Waals surface area contributed by atoms with Crippen molar-refractivity contribution in [3.05, 3.63) is 30.3 Å². The van der Waals surface area contributed by atoms with Crippen molar-refractivity contribution >= 4 is 35.6 Å². The molecule has 25 heavy (non-hydrogen) atoms. The molecule has 2 rings (SSSR count). The van der Waals surface area contributed by atoms with Crippen LogP contribution in [-0.4, -0.2) is 62.7 Å². The van der Waals surface area contributed by atoms with Crippen LogP contribution in [0.1, 0.15) is 27.2 Å². The number of anilines is 1. The number of benzene rings is 1. The van der Waals surface area contributed by atoms with Crippen LogP contribution in [0.2, 0.25) is 0 Å². The average Bonchev–Trinajstić information content (AvgIpc) is 2.64. The Bertz CT molecular complexity index is 486. The van der Waals surface area contributed by atoms with Crippen LogP contribution >= 0.6 is 24.0 Å². The first-order valence-electron chi connectivity index (χ1n) is 9.30. The van der Waals surface area contributed by atoms with Crippen LogP contribution in [0.5, 0.6) is 0 Å². The lowest BCUT2D eigenvalue weighted by molar-refractivity contribution is 0.201. The highest BCUT2D eigenvalue weighted by atomic mass is 127. The van der Waals surface area contributed by atoms with E-state index in [1.807, 2.05) is 0 Å². The molecule has 2 N–H and O–H groups in total. The number of para-hydroxylation sites is 1. The summed E-state index contributed by atoms with van der Waals surface area (Å²) in [5, 5.41) is 6.69. The van der Waals surface area contributed by atoms with Crippen LogP contribution < -0.4 is 15.5 Å². The fourth-order valence-corrected chi connectivity index (χ4v) is 2.98. The van der Waals surface area contributed by atoms with Gasteiger partial charge >= 0.3 is 0 Å². The Morgan fingerprint density at radius 2 is 1.76 bits per heavy atom. The van der Waals surface area contributed by atoms with Gasteiger partial charge in [-0.05, 0) is 32.4 Å². The molecule has 1 saturated heterocycles. The Balaban J connectivity index is 0.00000312. The Morgan fingerprint density at radius 1 is 1.08 bits per heavy atom. The van der Waals surface area contributed by atoms with Gasteiger partial charge in [0.1, 0.15) is 0 Å². The maximum absolute atomic E-state index is 4.74. The second-order valence-corrected chi connectivity index (χ2v) is 6.35. The van der Waals surface area contributed by atoms with Gasteiger partial charge in [0.15, 0.2) is 5.96 Å². The predicted molar refractivity (Wildman–Crippen MR) is 119 cm³/mol. The van der Waals surface area contributed by atoms with Crippen molar-refractivity contribution < 1.29 is 0 Å². The Hall–Kier alpha value is -1.02. The van der Waals surface area contributed by atoms with Gasteiger partial charge in [-0.3, -0.25) is 9.89 Å². The van der Waals surface area contributed by atoms with E-state index in [0.717, 1.165) is 58.2 Å². The summed E-state index contributed by atoms with van der Waals surface area (Å²) in [4.78, 5) is 9.76. The monoisotopic (exact) mass is 459 g/mol. The highest BCUT2D eigenvalue weighted by Crippen LogP contribution is 2.16. The second kappa shape index (κ2) is 12.4. The fourth-order valence-electron chi connectivity index (χ4n) is 2.98. The molecule has 1 aliphatic heterocycles. The highest BCUT2D eigenvalue weighted by Gasteiger charge is 2.21. The van der Waals surface area contributed by atoms with Crippen LogP contribution in [0, 0.1) is 0 Å². The van der Waals surface area contributed by atoms with Gasteiger partial charge in [-0.25, -0.2) is 0 Å².